The fraction of sp³-hybridized carbons (Fsp3) is 0.259. The summed E-state index contributed by atoms with van der Waals surface area (Å²) in [6.07, 6.45) is 1.50. The van der Waals surface area contributed by atoms with Crippen LogP contribution < -0.4 is 25.6 Å². The number of benzene rings is 2. The highest BCUT2D eigenvalue weighted by atomic mass is 35.5. The Labute approximate surface area is 226 Å². The van der Waals surface area contributed by atoms with E-state index in [0.29, 0.717) is 58.3 Å². The Morgan fingerprint density at radius 3 is 2.45 bits per heavy atom. The first-order valence-corrected chi connectivity index (χ1v) is 12.4. The minimum Gasteiger partial charge on any atom is -0.494 e. The molecular weight excluding hydrogens is 506 g/mol. The van der Waals surface area contributed by atoms with Crippen molar-refractivity contribution >= 4 is 57.9 Å². The van der Waals surface area contributed by atoms with Crippen LogP contribution in [-0.2, 0) is 9.59 Å². The van der Waals surface area contributed by atoms with Crippen LogP contribution in [0.2, 0.25) is 5.02 Å². The molecule has 1 aliphatic rings. The maximum atomic E-state index is 11.9. The van der Waals surface area contributed by atoms with Gasteiger partial charge in [0.15, 0.2) is 5.82 Å². The summed E-state index contributed by atoms with van der Waals surface area (Å²) < 4.78 is 5.63. The van der Waals surface area contributed by atoms with Gasteiger partial charge in [0.1, 0.15) is 10.8 Å². The molecule has 0 bridgehead atoms. The molecule has 2 amide bonds. The monoisotopic (exact) mass is 535 g/mol. The molecule has 1 aliphatic heterocycles. The second-order valence-electron chi connectivity index (χ2n) is 8.83. The molecular formula is C27H30ClN7O3. The Bertz CT molecular complexity index is 1360. The number of nitrogens with zero attached hydrogens (tertiary/aromatic N) is 4. The van der Waals surface area contributed by atoms with Gasteiger partial charge in [0, 0.05) is 61.8 Å². The normalized spacial score (nSPS) is 13.1. The Hall–Kier alpha value is -4.31. The summed E-state index contributed by atoms with van der Waals surface area (Å²) in [5.74, 6) is 1.19. The van der Waals surface area contributed by atoms with E-state index in [2.05, 4.69) is 37.4 Å². The van der Waals surface area contributed by atoms with Crippen LogP contribution in [0.1, 0.15) is 13.8 Å². The molecule has 0 atom stereocenters. The number of rotatable bonds is 8. The van der Waals surface area contributed by atoms with Gasteiger partial charge < -0.3 is 30.5 Å². The number of methoxy groups -OCH3 is 1. The molecule has 4 rings (SSSR count). The average molecular weight is 536 g/mol. The first-order chi connectivity index (χ1) is 18.2. The molecule has 1 saturated heterocycles. The summed E-state index contributed by atoms with van der Waals surface area (Å²) in [7, 11) is 1.60. The summed E-state index contributed by atoms with van der Waals surface area (Å²) >= 11 is 6.36. The molecule has 198 valence electrons. The molecule has 38 heavy (non-hydrogen) atoms. The molecule has 1 fully saturated rings. The summed E-state index contributed by atoms with van der Waals surface area (Å²) in [5, 5.41) is 9.48. The summed E-state index contributed by atoms with van der Waals surface area (Å²) in [6, 6.07) is 13.0. The van der Waals surface area contributed by atoms with E-state index < -0.39 is 0 Å². The van der Waals surface area contributed by atoms with E-state index >= 15 is 0 Å². The number of nitrogens with one attached hydrogen (secondary N) is 3. The molecule has 0 aliphatic carbocycles. The number of amides is 2. The van der Waals surface area contributed by atoms with E-state index in [1.54, 1.807) is 39.2 Å². The lowest BCUT2D eigenvalue weighted by molar-refractivity contribution is -0.129. The summed E-state index contributed by atoms with van der Waals surface area (Å²) in [6.45, 7) is 9.78. The predicted octanol–water partition coefficient (Wildman–Crippen LogP) is 4.81. The number of ether oxygens (including phenoxy) is 1. The van der Waals surface area contributed by atoms with Gasteiger partial charge in [-0.05, 0) is 37.3 Å². The van der Waals surface area contributed by atoms with Crippen molar-refractivity contribution in [3.05, 3.63) is 65.8 Å². The molecule has 0 spiro atoms. The maximum absolute atomic E-state index is 11.9. The van der Waals surface area contributed by atoms with Gasteiger partial charge in [-0.25, -0.2) is 4.98 Å². The smallest absolute Gasteiger partial charge is 0.250 e. The number of piperazine rings is 1. The van der Waals surface area contributed by atoms with E-state index in [1.807, 2.05) is 29.2 Å². The standard InChI is InChI=1S/C27H30ClN7O3/c1-17(2)26(37)31-20-7-5-6-19(14-20)30-25-22(28)16-29-27(33-25)32-23-9-8-21(15-24(23)38-4)35-12-10-34(11-13-35)18(3)36/h5-9,14-16H,1,10-13H2,2-4H3,(H,31,37)(H2,29,30,32,33). The Morgan fingerprint density at radius 2 is 1.76 bits per heavy atom. The third kappa shape index (κ3) is 6.51. The van der Waals surface area contributed by atoms with E-state index in [-0.39, 0.29) is 11.8 Å². The molecule has 0 saturated carbocycles. The number of hydrogen-bond acceptors (Lipinski definition) is 8. The lowest BCUT2D eigenvalue weighted by Gasteiger charge is -2.35. The SMILES string of the molecule is C=C(C)C(=O)Nc1cccc(Nc2nc(Nc3ccc(N4CCN(C(C)=O)CC4)cc3OC)ncc2Cl)c1. The fourth-order valence-electron chi connectivity index (χ4n) is 3.94. The van der Waals surface area contributed by atoms with Crippen molar-refractivity contribution in [2.24, 2.45) is 0 Å². The molecule has 0 unspecified atom stereocenters. The third-order valence-corrected chi connectivity index (χ3v) is 6.31. The lowest BCUT2D eigenvalue weighted by Crippen LogP contribution is -2.48. The van der Waals surface area contributed by atoms with Gasteiger partial charge >= 0.3 is 0 Å². The number of aromatic nitrogens is 2. The van der Waals surface area contributed by atoms with Gasteiger partial charge in [-0.2, -0.15) is 4.98 Å². The van der Waals surface area contributed by atoms with Gasteiger partial charge in [-0.3, -0.25) is 9.59 Å². The molecule has 3 aromatic rings. The molecule has 2 aromatic carbocycles. The highest BCUT2D eigenvalue weighted by Gasteiger charge is 2.20. The van der Waals surface area contributed by atoms with Crippen LogP contribution in [0.15, 0.2) is 60.8 Å². The van der Waals surface area contributed by atoms with E-state index in [1.165, 1.54) is 6.20 Å². The van der Waals surface area contributed by atoms with Crippen molar-refractivity contribution in [3.63, 3.8) is 0 Å². The molecule has 3 N–H and O–H groups in total. The van der Waals surface area contributed by atoms with Crippen LogP contribution in [0.4, 0.5) is 34.5 Å². The van der Waals surface area contributed by atoms with Crippen molar-refractivity contribution in [2.75, 3.05) is 54.1 Å². The topological polar surface area (TPSA) is 112 Å². The number of hydrogen-bond donors (Lipinski definition) is 3. The first kappa shape index (κ1) is 26.7. The van der Waals surface area contributed by atoms with Crippen LogP contribution in [0, 0.1) is 0 Å². The van der Waals surface area contributed by atoms with Crippen molar-refractivity contribution < 1.29 is 14.3 Å². The second-order valence-corrected chi connectivity index (χ2v) is 9.24. The van der Waals surface area contributed by atoms with Gasteiger partial charge in [0.2, 0.25) is 11.9 Å². The van der Waals surface area contributed by atoms with Gasteiger partial charge in [0.05, 0.1) is 19.0 Å². The van der Waals surface area contributed by atoms with Crippen LogP contribution in [0.3, 0.4) is 0 Å². The third-order valence-electron chi connectivity index (χ3n) is 6.04. The summed E-state index contributed by atoms with van der Waals surface area (Å²) in [4.78, 5) is 36.5. The van der Waals surface area contributed by atoms with Crippen LogP contribution in [-0.4, -0.2) is 60.0 Å². The zero-order valence-electron chi connectivity index (χ0n) is 21.5. The fourth-order valence-corrected chi connectivity index (χ4v) is 4.08. The number of halogens is 1. The largest absolute Gasteiger partial charge is 0.494 e. The van der Waals surface area contributed by atoms with Gasteiger partial charge in [-0.1, -0.05) is 24.2 Å². The highest BCUT2D eigenvalue weighted by molar-refractivity contribution is 6.32. The number of carbonyl (C=O) groups excluding carboxylic acids is 2. The maximum Gasteiger partial charge on any atom is 0.250 e. The zero-order chi connectivity index (χ0) is 27.2. The highest BCUT2D eigenvalue weighted by Crippen LogP contribution is 2.33. The van der Waals surface area contributed by atoms with Crippen molar-refractivity contribution in [3.8, 4) is 5.75 Å². The van der Waals surface area contributed by atoms with Crippen molar-refractivity contribution in [1.82, 2.24) is 14.9 Å². The predicted molar refractivity (Wildman–Crippen MR) is 151 cm³/mol. The Balaban J connectivity index is 1.48. The second kappa shape index (κ2) is 11.8. The molecule has 11 heteroatoms. The van der Waals surface area contributed by atoms with Gasteiger partial charge in [0.25, 0.3) is 5.91 Å². The van der Waals surface area contributed by atoms with Crippen LogP contribution >= 0.6 is 11.6 Å². The zero-order valence-corrected chi connectivity index (χ0v) is 22.3. The molecule has 0 radical (unpaired) electrons. The molecule has 2 heterocycles. The minimum absolute atomic E-state index is 0.0980. The average Bonchev–Trinajstić information content (AvgIpc) is 2.91. The minimum atomic E-state index is -0.257. The lowest BCUT2D eigenvalue weighted by atomic mass is 10.2. The van der Waals surface area contributed by atoms with E-state index in [0.717, 1.165) is 18.8 Å². The van der Waals surface area contributed by atoms with Crippen LogP contribution in [0.5, 0.6) is 5.75 Å². The quantitative estimate of drug-likeness (QED) is 0.352. The Kier molecular flexibility index (Phi) is 8.32. The van der Waals surface area contributed by atoms with E-state index in [4.69, 9.17) is 16.3 Å². The first-order valence-electron chi connectivity index (χ1n) is 12.1. The van der Waals surface area contributed by atoms with Gasteiger partial charge in [-0.15, -0.1) is 0 Å². The molecule has 10 nitrogen and oxygen atoms in total. The number of carbonyl (C=O) groups is 2. The van der Waals surface area contributed by atoms with Crippen LogP contribution in [0.25, 0.3) is 0 Å². The van der Waals surface area contributed by atoms with E-state index in [9.17, 15) is 9.59 Å². The summed E-state index contributed by atoms with van der Waals surface area (Å²) in [5.41, 5.74) is 3.41. The Morgan fingerprint density at radius 1 is 1.03 bits per heavy atom. The van der Waals surface area contributed by atoms with Crippen molar-refractivity contribution in [1.29, 1.82) is 0 Å². The molecule has 1 aromatic heterocycles. The number of anilines is 6. The van der Waals surface area contributed by atoms with Crippen molar-refractivity contribution in [2.45, 2.75) is 13.8 Å².